The van der Waals surface area contributed by atoms with Gasteiger partial charge in [-0.25, -0.2) is 4.68 Å². The lowest BCUT2D eigenvalue weighted by Crippen LogP contribution is -2.18. The zero-order valence-electron chi connectivity index (χ0n) is 11.0. The molecule has 1 aromatic rings. The SMILES string of the molecule is NC(=O)Cc1nnn(C2CCCC2)c1C1CCOC1. The molecule has 19 heavy (non-hydrogen) atoms. The van der Waals surface area contributed by atoms with Crippen molar-refractivity contribution in [3.63, 3.8) is 0 Å². The Balaban J connectivity index is 1.93. The monoisotopic (exact) mass is 264 g/mol. The van der Waals surface area contributed by atoms with Crippen molar-refractivity contribution in [1.29, 1.82) is 0 Å². The van der Waals surface area contributed by atoms with E-state index in [1.54, 1.807) is 0 Å². The van der Waals surface area contributed by atoms with Crippen molar-refractivity contribution in [1.82, 2.24) is 15.0 Å². The summed E-state index contributed by atoms with van der Waals surface area (Å²) in [4.78, 5) is 11.2. The third-order valence-electron chi connectivity index (χ3n) is 4.13. The molecule has 6 nitrogen and oxygen atoms in total. The number of ether oxygens (including phenoxy) is 1. The van der Waals surface area contributed by atoms with Gasteiger partial charge in [0.2, 0.25) is 5.91 Å². The van der Waals surface area contributed by atoms with Crippen LogP contribution in [0.1, 0.15) is 55.5 Å². The number of nitrogens with two attached hydrogens (primary N) is 1. The van der Waals surface area contributed by atoms with E-state index in [4.69, 9.17) is 10.5 Å². The van der Waals surface area contributed by atoms with Crippen LogP contribution in [0.5, 0.6) is 0 Å². The first-order chi connectivity index (χ1) is 9.25. The van der Waals surface area contributed by atoms with Crippen LogP contribution < -0.4 is 5.73 Å². The molecule has 1 unspecified atom stereocenters. The molecule has 2 fully saturated rings. The Morgan fingerprint density at radius 2 is 2.16 bits per heavy atom. The van der Waals surface area contributed by atoms with Gasteiger partial charge >= 0.3 is 0 Å². The van der Waals surface area contributed by atoms with Crippen LogP contribution in [0.3, 0.4) is 0 Å². The Hall–Kier alpha value is -1.43. The third kappa shape index (κ3) is 2.49. The van der Waals surface area contributed by atoms with Crippen LogP contribution in [0.4, 0.5) is 0 Å². The maximum Gasteiger partial charge on any atom is 0.223 e. The summed E-state index contributed by atoms with van der Waals surface area (Å²) >= 11 is 0. The average Bonchev–Trinajstić information content (AvgIpc) is 3.08. The van der Waals surface area contributed by atoms with Crippen LogP contribution in [0.15, 0.2) is 0 Å². The smallest absolute Gasteiger partial charge is 0.223 e. The predicted octanol–water partition coefficient (Wildman–Crippen LogP) is 0.925. The Morgan fingerprint density at radius 3 is 2.79 bits per heavy atom. The predicted molar refractivity (Wildman–Crippen MR) is 68.6 cm³/mol. The van der Waals surface area contributed by atoms with Crippen molar-refractivity contribution in [3.8, 4) is 0 Å². The number of hydrogen-bond donors (Lipinski definition) is 1. The minimum atomic E-state index is -0.348. The van der Waals surface area contributed by atoms with E-state index in [2.05, 4.69) is 10.3 Å². The highest BCUT2D eigenvalue weighted by molar-refractivity contribution is 5.76. The lowest BCUT2D eigenvalue weighted by molar-refractivity contribution is -0.117. The van der Waals surface area contributed by atoms with Gasteiger partial charge in [0.1, 0.15) is 0 Å². The molecule has 1 aliphatic heterocycles. The highest BCUT2D eigenvalue weighted by atomic mass is 16.5. The van der Waals surface area contributed by atoms with Gasteiger partial charge in [0.05, 0.1) is 30.5 Å². The number of rotatable bonds is 4. The molecule has 2 heterocycles. The summed E-state index contributed by atoms with van der Waals surface area (Å²) in [6, 6.07) is 0.435. The second-order valence-electron chi connectivity index (χ2n) is 5.51. The highest BCUT2D eigenvalue weighted by Crippen LogP contribution is 2.35. The molecule has 1 amide bonds. The Morgan fingerprint density at radius 1 is 1.37 bits per heavy atom. The van der Waals surface area contributed by atoms with Crippen molar-refractivity contribution in [2.24, 2.45) is 5.73 Å². The summed E-state index contributed by atoms with van der Waals surface area (Å²) in [6.45, 7) is 1.47. The number of nitrogens with zero attached hydrogens (tertiary/aromatic N) is 3. The van der Waals surface area contributed by atoms with Gasteiger partial charge in [-0.2, -0.15) is 0 Å². The average molecular weight is 264 g/mol. The van der Waals surface area contributed by atoms with Crippen LogP contribution in [-0.2, 0) is 16.0 Å². The van der Waals surface area contributed by atoms with Gasteiger partial charge in [0.15, 0.2) is 0 Å². The van der Waals surface area contributed by atoms with E-state index < -0.39 is 0 Å². The summed E-state index contributed by atoms with van der Waals surface area (Å²) in [7, 11) is 0. The highest BCUT2D eigenvalue weighted by Gasteiger charge is 2.30. The first-order valence-electron chi connectivity index (χ1n) is 7.05. The molecule has 1 atom stereocenters. The zero-order valence-corrected chi connectivity index (χ0v) is 11.0. The Labute approximate surface area is 112 Å². The molecule has 0 spiro atoms. The molecular formula is C13H20N4O2. The van der Waals surface area contributed by atoms with Crippen LogP contribution in [0.25, 0.3) is 0 Å². The molecule has 2 aliphatic rings. The fourth-order valence-corrected chi connectivity index (χ4v) is 3.22. The van der Waals surface area contributed by atoms with E-state index in [0.717, 1.165) is 37.3 Å². The second-order valence-corrected chi connectivity index (χ2v) is 5.51. The molecule has 1 saturated carbocycles. The molecule has 0 radical (unpaired) electrons. The molecule has 6 heteroatoms. The Kier molecular flexibility index (Phi) is 3.50. The Bertz CT molecular complexity index is 459. The summed E-state index contributed by atoms with van der Waals surface area (Å²) < 4.78 is 7.52. The van der Waals surface area contributed by atoms with E-state index in [1.807, 2.05) is 4.68 Å². The fraction of sp³-hybridized carbons (Fsp3) is 0.769. The van der Waals surface area contributed by atoms with Crippen molar-refractivity contribution in [2.75, 3.05) is 13.2 Å². The van der Waals surface area contributed by atoms with E-state index in [1.165, 1.54) is 12.8 Å². The number of aromatic nitrogens is 3. The van der Waals surface area contributed by atoms with Gasteiger partial charge in [-0.3, -0.25) is 4.79 Å². The fourth-order valence-electron chi connectivity index (χ4n) is 3.22. The van der Waals surface area contributed by atoms with Gasteiger partial charge < -0.3 is 10.5 Å². The zero-order chi connectivity index (χ0) is 13.2. The number of amides is 1. The van der Waals surface area contributed by atoms with E-state index in [0.29, 0.717) is 18.6 Å². The van der Waals surface area contributed by atoms with E-state index in [9.17, 15) is 4.79 Å². The lowest BCUT2D eigenvalue weighted by atomic mass is 10.0. The largest absolute Gasteiger partial charge is 0.381 e. The van der Waals surface area contributed by atoms with Gasteiger partial charge in [-0.05, 0) is 19.3 Å². The minimum absolute atomic E-state index is 0.179. The van der Waals surface area contributed by atoms with Crippen molar-refractivity contribution in [3.05, 3.63) is 11.4 Å². The van der Waals surface area contributed by atoms with Crippen LogP contribution in [0, 0.1) is 0 Å². The van der Waals surface area contributed by atoms with Gasteiger partial charge in [-0.1, -0.05) is 18.1 Å². The molecule has 1 saturated heterocycles. The molecular weight excluding hydrogens is 244 g/mol. The summed E-state index contributed by atoms with van der Waals surface area (Å²) in [6.07, 6.45) is 5.96. The van der Waals surface area contributed by atoms with Crippen molar-refractivity contribution >= 4 is 5.91 Å². The maximum atomic E-state index is 11.2. The number of hydrogen-bond acceptors (Lipinski definition) is 4. The van der Waals surface area contributed by atoms with Crippen LogP contribution in [-0.4, -0.2) is 34.1 Å². The van der Waals surface area contributed by atoms with Gasteiger partial charge in [0.25, 0.3) is 0 Å². The minimum Gasteiger partial charge on any atom is -0.381 e. The van der Waals surface area contributed by atoms with Crippen LogP contribution in [0.2, 0.25) is 0 Å². The number of carbonyl (C=O) groups excluding carboxylic acids is 1. The van der Waals surface area contributed by atoms with Crippen molar-refractivity contribution in [2.45, 2.75) is 50.5 Å². The first-order valence-corrected chi connectivity index (χ1v) is 7.05. The summed E-state index contributed by atoms with van der Waals surface area (Å²) in [5, 5.41) is 8.50. The van der Waals surface area contributed by atoms with Gasteiger partial charge in [0, 0.05) is 12.5 Å². The third-order valence-corrected chi connectivity index (χ3v) is 4.13. The standard InChI is InChI=1S/C13H20N4O2/c14-12(18)7-11-13(9-5-6-19-8-9)17(16-15-11)10-3-1-2-4-10/h9-10H,1-8H2,(H2,14,18). The molecule has 104 valence electrons. The molecule has 1 aromatic heterocycles. The number of primary amides is 1. The first kappa shape index (κ1) is 12.6. The number of carbonyl (C=O) groups is 1. The molecule has 3 rings (SSSR count). The summed E-state index contributed by atoms with van der Waals surface area (Å²) in [5.41, 5.74) is 7.14. The van der Waals surface area contributed by atoms with E-state index >= 15 is 0 Å². The lowest BCUT2D eigenvalue weighted by Gasteiger charge is -2.17. The van der Waals surface area contributed by atoms with Crippen LogP contribution >= 0.6 is 0 Å². The maximum absolute atomic E-state index is 11.2. The van der Waals surface area contributed by atoms with Crippen molar-refractivity contribution < 1.29 is 9.53 Å². The van der Waals surface area contributed by atoms with Gasteiger partial charge in [-0.15, -0.1) is 5.10 Å². The normalized spacial score (nSPS) is 24.1. The molecule has 0 bridgehead atoms. The van der Waals surface area contributed by atoms with E-state index in [-0.39, 0.29) is 12.3 Å². The summed E-state index contributed by atoms with van der Waals surface area (Å²) in [5.74, 6) is -0.0383. The quantitative estimate of drug-likeness (QED) is 0.876. The molecule has 1 aliphatic carbocycles. The second kappa shape index (κ2) is 5.28. The molecule has 2 N–H and O–H groups in total. The molecule has 0 aromatic carbocycles. The topological polar surface area (TPSA) is 83.0 Å².